The molecule has 24 heavy (non-hydrogen) atoms. The second-order valence-electron chi connectivity index (χ2n) is 7.33. The van der Waals surface area contributed by atoms with Crippen molar-refractivity contribution < 1.29 is 4.79 Å². The number of allylic oxidation sites excluding steroid dienone is 2. The number of hydrogen-bond acceptors (Lipinski definition) is 4. The van der Waals surface area contributed by atoms with Gasteiger partial charge in [0.15, 0.2) is 5.78 Å². The molecule has 3 heterocycles. The number of ketones is 1. The van der Waals surface area contributed by atoms with Crippen LogP contribution in [0.2, 0.25) is 0 Å². The molecule has 0 radical (unpaired) electrons. The topological polar surface area (TPSA) is 46.1 Å². The van der Waals surface area contributed by atoms with Gasteiger partial charge in [0.1, 0.15) is 6.04 Å². The quantitative estimate of drug-likeness (QED) is 0.796. The van der Waals surface area contributed by atoms with Crippen LogP contribution < -0.4 is 4.90 Å². The molecular formula is C20H21N3O. The largest absolute Gasteiger partial charge is 0.319 e. The van der Waals surface area contributed by atoms with Gasteiger partial charge in [0.2, 0.25) is 5.95 Å². The van der Waals surface area contributed by atoms with Crippen molar-refractivity contribution in [1.82, 2.24) is 9.97 Å². The maximum Gasteiger partial charge on any atom is 0.226 e. The third-order valence-corrected chi connectivity index (χ3v) is 6.22. The maximum absolute atomic E-state index is 12.8. The van der Waals surface area contributed by atoms with E-state index in [0.29, 0.717) is 5.95 Å². The molecule has 1 fully saturated rings. The summed E-state index contributed by atoms with van der Waals surface area (Å²) in [5, 5.41) is 0. The number of anilines is 1. The van der Waals surface area contributed by atoms with Crippen molar-refractivity contribution in [2.24, 2.45) is 5.41 Å². The van der Waals surface area contributed by atoms with Crippen molar-refractivity contribution >= 4 is 11.7 Å². The van der Waals surface area contributed by atoms with E-state index in [4.69, 9.17) is 0 Å². The van der Waals surface area contributed by atoms with E-state index < -0.39 is 0 Å². The molecule has 0 amide bonds. The van der Waals surface area contributed by atoms with Crippen LogP contribution in [0.5, 0.6) is 0 Å². The van der Waals surface area contributed by atoms with Crippen LogP contribution in [0.4, 0.5) is 5.95 Å². The van der Waals surface area contributed by atoms with Gasteiger partial charge in [0.05, 0.1) is 6.04 Å². The van der Waals surface area contributed by atoms with Gasteiger partial charge in [-0.15, -0.1) is 0 Å². The Morgan fingerprint density at radius 3 is 2.67 bits per heavy atom. The first-order valence-electron chi connectivity index (χ1n) is 8.99. The molecule has 2 aliphatic carbocycles. The third kappa shape index (κ3) is 1.77. The van der Waals surface area contributed by atoms with E-state index in [1.54, 1.807) is 12.4 Å². The average Bonchev–Trinajstić information content (AvgIpc) is 3.12. The van der Waals surface area contributed by atoms with Gasteiger partial charge in [-0.1, -0.05) is 37.5 Å². The zero-order chi connectivity index (χ0) is 16.1. The summed E-state index contributed by atoms with van der Waals surface area (Å²) in [7, 11) is 0. The summed E-state index contributed by atoms with van der Waals surface area (Å²) < 4.78 is 0. The highest BCUT2D eigenvalue weighted by molar-refractivity contribution is 6.01. The Balaban J connectivity index is 1.73. The highest BCUT2D eigenvalue weighted by atomic mass is 16.1. The summed E-state index contributed by atoms with van der Waals surface area (Å²) in [6, 6.07) is 1.79. The van der Waals surface area contributed by atoms with Crippen LogP contribution in [0.3, 0.4) is 0 Å². The monoisotopic (exact) mass is 319 g/mol. The van der Waals surface area contributed by atoms with Gasteiger partial charge in [0.25, 0.3) is 0 Å². The average molecular weight is 319 g/mol. The number of nitrogens with zero attached hydrogens (tertiary/aromatic N) is 3. The molecule has 4 heteroatoms. The van der Waals surface area contributed by atoms with Crippen LogP contribution in [-0.4, -0.2) is 27.8 Å². The van der Waals surface area contributed by atoms with Crippen LogP contribution in [0, 0.1) is 5.41 Å². The lowest BCUT2D eigenvalue weighted by atomic mass is 9.59. The molecule has 1 spiro atoms. The molecule has 2 aliphatic heterocycles. The lowest BCUT2D eigenvalue weighted by Gasteiger charge is -2.55. The van der Waals surface area contributed by atoms with E-state index in [1.807, 2.05) is 12.1 Å². The van der Waals surface area contributed by atoms with Crippen molar-refractivity contribution in [3.8, 4) is 0 Å². The zero-order valence-corrected chi connectivity index (χ0v) is 13.7. The van der Waals surface area contributed by atoms with Crippen LogP contribution in [0.25, 0.3) is 0 Å². The summed E-state index contributed by atoms with van der Waals surface area (Å²) in [4.78, 5) is 24.0. The maximum atomic E-state index is 12.8. The van der Waals surface area contributed by atoms with Gasteiger partial charge in [0, 0.05) is 17.8 Å². The Kier molecular flexibility index (Phi) is 3.02. The van der Waals surface area contributed by atoms with Gasteiger partial charge in [-0.05, 0) is 42.6 Å². The summed E-state index contributed by atoms with van der Waals surface area (Å²) in [5.41, 5.74) is 2.85. The van der Waals surface area contributed by atoms with E-state index in [2.05, 4.69) is 33.1 Å². The van der Waals surface area contributed by atoms with Crippen LogP contribution in [0.15, 0.2) is 53.9 Å². The van der Waals surface area contributed by atoms with Crippen LogP contribution in [0.1, 0.15) is 38.5 Å². The minimum absolute atomic E-state index is 0.119. The Hall–Kier alpha value is -2.23. The third-order valence-electron chi connectivity index (χ3n) is 6.22. The molecule has 4 aliphatic rings. The molecule has 1 aromatic heterocycles. The van der Waals surface area contributed by atoms with Crippen molar-refractivity contribution in [3.63, 3.8) is 0 Å². The van der Waals surface area contributed by atoms with Crippen molar-refractivity contribution in [2.45, 2.75) is 50.6 Å². The first-order valence-corrected chi connectivity index (χ1v) is 8.99. The van der Waals surface area contributed by atoms with Gasteiger partial charge in [-0.2, -0.15) is 0 Å². The molecule has 2 atom stereocenters. The number of carbonyl (C=O) groups excluding carboxylic acids is 1. The van der Waals surface area contributed by atoms with Crippen LogP contribution >= 0.6 is 0 Å². The summed E-state index contributed by atoms with van der Waals surface area (Å²) >= 11 is 0. The minimum atomic E-state index is -0.222. The number of rotatable bonds is 1. The SMILES string of the molecule is O=C1C=C[C@H]2N(c3ncccn3)[C@@H]1C1=C(C=CC1)C21CCCCC1. The lowest BCUT2D eigenvalue weighted by Crippen LogP contribution is -2.61. The predicted molar refractivity (Wildman–Crippen MR) is 92.5 cm³/mol. The molecule has 0 aromatic carbocycles. The van der Waals surface area contributed by atoms with E-state index in [9.17, 15) is 4.79 Å². The smallest absolute Gasteiger partial charge is 0.226 e. The van der Waals surface area contributed by atoms with E-state index in [0.717, 1.165) is 6.42 Å². The van der Waals surface area contributed by atoms with Crippen LogP contribution in [-0.2, 0) is 4.79 Å². The fourth-order valence-corrected chi connectivity index (χ4v) is 5.29. The van der Waals surface area contributed by atoms with Crippen molar-refractivity contribution in [2.75, 3.05) is 4.90 Å². The first kappa shape index (κ1) is 14.1. The fraction of sp³-hybridized carbons (Fsp3) is 0.450. The molecule has 4 nitrogen and oxygen atoms in total. The minimum Gasteiger partial charge on any atom is -0.319 e. The second-order valence-corrected chi connectivity index (χ2v) is 7.33. The van der Waals surface area contributed by atoms with E-state index in [-0.39, 0.29) is 23.3 Å². The number of hydrogen-bond donors (Lipinski definition) is 0. The van der Waals surface area contributed by atoms with Crippen molar-refractivity contribution in [3.05, 3.63) is 53.9 Å². The summed E-state index contributed by atoms with van der Waals surface area (Å²) in [6.07, 6.45) is 19.1. The number of carbonyl (C=O) groups is 1. The Morgan fingerprint density at radius 1 is 1.08 bits per heavy atom. The molecule has 1 aromatic rings. The highest BCUT2D eigenvalue weighted by Crippen LogP contribution is 2.56. The Bertz CT molecular complexity index is 771. The second kappa shape index (κ2) is 5.13. The normalized spacial score (nSPS) is 30.2. The fourth-order valence-electron chi connectivity index (χ4n) is 5.29. The molecule has 5 rings (SSSR count). The van der Waals surface area contributed by atoms with Gasteiger partial charge in [-0.25, -0.2) is 9.97 Å². The Morgan fingerprint density at radius 2 is 1.88 bits per heavy atom. The molecule has 0 saturated heterocycles. The summed E-state index contributed by atoms with van der Waals surface area (Å²) in [6.45, 7) is 0. The summed E-state index contributed by atoms with van der Waals surface area (Å²) in [5.74, 6) is 0.856. The molecular weight excluding hydrogens is 298 g/mol. The van der Waals surface area contributed by atoms with Crippen molar-refractivity contribution in [1.29, 1.82) is 0 Å². The standard InChI is InChI=1S/C20H21N3O/c24-16-8-9-17-20(10-2-1-3-11-20)15-7-4-6-14(15)18(16)23(17)19-21-12-5-13-22-19/h4-5,7-9,12-13,17-18H,1-3,6,10-11H2/t17-,18-/m1/s1. The number of fused-ring (bicyclic) bond motifs is 5. The Labute approximate surface area is 142 Å². The lowest BCUT2D eigenvalue weighted by molar-refractivity contribution is -0.116. The molecule has 122 valence electrons. The highest BCUT2D eigenvalue weighted by Gasteiger charge is 2.55. The zero-order valence-electron chi connectivity index (χ0n) is 13.7. The van der Waals surface area contributed by atoms with Gasteiger partial charge in [-0.3, -0.25) is 4.79 Å². The predicted octanol–water partition coefficient (Wildman–Crippen LogP) is 3.38. The van der Waals surface area contributed by atoms with E-state index >= 15 is 0 Å². The molecule has 1 saturated carbocycles. The molecule has 2 bridgehead atoms. The molecule has 0 unspecified atom stereocenters. The number of aromatic nitrogens is 2. The van der Waals surface area contributed by atoms with Gasteiger partial charge >= 0.3 is 0 Å². The van der Waals surface area contributed by atoms with Gasteiger partial charge < -0.3 is 4.90 Å². The van der Waals surface area contributed by atoms with E-state index in [1.165, 1.54) is 43.3 Å². The molecule has 0 N–H and O–H groups in total. The first-order chi connectivity index (χ1) is 11.8.